The number of aromatic nitrogens is 2. The van der Waals surface area contributed by atoms with Gasteiger partial charge in [0.2, 0.25) is 6.41 Å². The summed E-state index contributed by atoms with van der Waals surface area (Å²) in [6, 6.07) is 22.1. The Morgan fingerprint density at radius 2 is 1.70 bits per heavy atom. The molecule has 224 valence electrons. The van der Waals surface area contributed by atoms with E-state index in [0.717, 1.165) is 58.1 Å². The minimum absolute atomic E-state index is 0.0444. The first kappa shape index (κ1) is 32.7. The largest absolute Gasteiger partial charge is 0.409 e. The van der Waals surface area contributed by atoms with Gasteiger partial charge in [0.05, 0.1) is 11.4 Å². The molecule has 0 unspecified atom stereocenters. The Hall–Kier alpha value is -4.78. The minimum atomic E-state index is -0.0444. The van der Waals surface area contributed by atoms with E-state index in [1.807, 2.05) is 101 Å². The number of benzene rings is 3. The van der Waals surface area contributed by atoms with E-state index in [9.17, 15) is 14.8 Å². The highest BCUT2D eigenvalue weighted by molar-refractivity contribution is 6.14. The summed E-state index contributed by atoms with van der Waals surface area (Å²) in [5.41, 5.74) is 5.59. The van der Waals surface area contributed by atoms with Gasteiger partial charge >= 0.3 is 0 Å². The minimum Gasteiger partial charge on any atom is -0.409 e. The van der Waals surface area contributed by atoms with Crippen molar-refractivity contribution in [1.82, 2.24) is 14.9 Å². The van der Waals surface area contributed by atoms with Crippen molar-refractivity contribution in [1.29, 1.82) is 0 Å². The van der Waals surface area contributed by atoms with Gasteiger partial charge in [-0.05, 0) is 73.2 Å². The molecule has 4 aromatic rings. The van der Waals surface area contributed by atoms with Crippen LogP contribution in [-0.2, 0) is 17.6 Å². The number of unbranched alkanes of at least 4 members (excludes halogenated alkanes) is 1. The third kappa shape index (κ3) is 7.55. The van der Waals surface area contributed by atoms with E-state index in [1.54, 1.807) is 10.6 Å². The number of rotatable bonds is 10. The van der Waals surface area contributed by atoms with E-state index in [-0.39, 0.29) is 11.4 Å². The fourth-order valence-electron chi connectivity index (χ4n) is 5.19. The predicted octanol–water partition coefficient (Wildman–Crippen LogP) is 7.54. The van der Waals surface area contributed by atoms with E-state index in [1.165, 1.54) is 0 Å². The maximum Gasteiger partial charge on any atom is 0.261 e. The summed E-state index contributed by atoms with van der Waals surface area (Å²) in [6.07, 6.45) is 7.33. The molecular weight excluding hydrogens is 536 g/mol. The summed E-state index contributed by atoms with van der Waals surface area (Å²) in [6.45, 7) is 11.7. The Kier molecular flexibility index (Phi) is 12.2. The summed E-state index contributed by atoms with van der Waals surface area (Å²) in [7, 11) is 0. The van der Waals surface area contributed by atoms with Crippen molar-refractivity contribution in [2.45, 2.75) is 67.2 Å². The molecule has 7 nitrogen and oxygen atoms in total. The Labute approximate surface area is 254 Å². The van der Waals surface area contributed by atoms with Gasteiger partial charge in [-0.15, -0.1) is 0 Å². The molecule has 1 aromatic heterocycles. The van der Waals surface area contributed by atoms with E-state index in [4.69, 9.17) is 4.98 Å². The predicted molar refractivity (Wildman–Crippen MR) is 177 cm³/mol. The van der Waals surface area contributed by atoms with Crippen LogP contribution in [0.25, 0.3) is 22.0 Å². The molecule has 0 saturated heterocycles. The van der Waals surface area contributed by atoms with Crippen LogP contribution < -0.4 is 10.9 Å². The topological polar surface area (TPSA) is 96.6 Å². The first-order valence-corrected chi connectivity index (χ1v) is 14.9. The fraction of sp³-hybridized carbons (Fsp3) is 0.278. The first-order chi connectivity index (χ1) is 20.9. The second kappa shape index (κ2) is 16.0. The lowest BCUT2D eigenvalue weighted by Gasteiger charge is -2.17. The molecule has 0 aliphatic carbocycles. The number of nitrogens with one attached hydrogen (secondary N) is 1. The maximum absolute atomic E-state index is 14.1. The molecule has 43 heavy (non-hydrogen) atoms. The van der Waals surface area contributed by atoms with Crippen molar-refractivity contribution in [3.63, 3.8) is 0 Å². The maximum atomic E-state index is 14.1. The van der Waals surface area contributed by atoms with Crippen LogP contribution in [0.15, 0.2) is 94.4 Å². The van der Waals surface area contributed by atoms with Gasteiger partial charge in [0, 0.05) is 17.6 Å². The van der Waals surface area contributed by atoms with Crippen LogP contribution in [0, 0.1) is 6.92 Å². The summed E-state index contributed by atoms with van der Waals surface area (Å²) < 4.78 is 1.72. The van der Waals surface area contributed by atoms with Crippen molar-refractivity contribution < 1.29 is 10.0 Å². The van der Waals surface area contributed by atoms with Gasteiger partial charge in [0.15, 0.2) is 5.84 Å². The lowest BCUT2D eigenvalue weighted by molar-refractivity contribution is -0.108. The molecule has 3 aromatic carbocycles. The number of amidine groups is 1. The zero-order valence-corrected chi connectivity index (χ0v) is 26.0. The molecule has 0 bridgehead atoms. The quantitative estimate of drug-likeness (QED) is 0.0507. The highest BCUT2D eigenvalue weighted by Crippen LogP contribution is 2.25. The number of carbonyl (C=O) groups excluding carboxylic acids is 1. The number of oxime groups is 1. The smallest absolute Gasteiger partial charge is 0.261 e. The Morgan fingerprint density at radius 3 is 2.30 bits per heavy atom. The summed E-state index contributed by atoms with van der Waals surface area (Å²) in [4.78, 5) is 30.0. The average molecular weight is 579 g/mol. The highest BCUT2D eigenvalue weighted by atomic mass is 16.4. The molecule has 7 heteroatoms. The number of fused-ring (bicyclic) bond motifs is 1. The van der Waals surface area contributed by atoms with Crippen LogP contribution in [0.1, 0.15) is 75.7 Å². The van der Waals surface area contributed by atoms with Gasteiger partial charge in [-0.25, -0.2) is 4.98 Å². The van der Waals surface area contributed by atoms with Crippen molar-refractivity contribution in [2.24, 2.45) is 5.16 Å². The first-order valence-electron chi connectivity index (χ1n) is 14.9. The van der Waals surface area contributed by atoms with Gasteiger partial charge in [-0.2, -0.15) is 0 Å². The summed E-state index contributed by atoms with van der Waals surface area (Å²) in [5, 5.41) is 17.3. The lowest BCUT2D eigenvalue weighted by Crippen LogP contribution is -2.28. The highest BCUT2D eigenvalue weighted by Gasteiger charge is 2.18. The molecule has 0 fully saturated rings. The monoisotopic (exact) mass is 578 g/mol. The summed E-state index contributed by atoms with van der Waals surface area (Å²) in [5.74, 6) is 0.748. The summed E-state index contributed by atoms with van der Waals surface area (Å²) >= 11 is 0. The van der Waals surface area contributed by atoms with Crippen LogP contribution in [0.4, 0.5) is 0 Å². The number of hydrogen-bond donors (Lipinski definition) is 2. The zero-order chi connectivity index (χ0) is 31.4. The van der Waals surface area contributed by atoms with Gasteiger partial charge in [-0.3, -0.25) is 14.2 Å². The van der Waals surface area contributed by atoms with Crippen LogP contribution in [-0.4, -0.2) is 27.0 Å². The SMILES string of the molecule is CC.C\C=C(C(=C\C)/C(=N/O)NC=O)\c1ccc(Cc2c(CCCC)nc(C)n(-c3ccc4ccccc4c3)c2=O)cc1. The molecule has 1 amide bonds. The van der Waals surface area contributed by atoms with E-state index >= 15 is 0 Å². The molecule has 4 rings (SSSR count). The molecule has 2 N–H and O–H groups in total. The van der Waals surface area contributed by atoms with Crippen molar-refractivity contribution in [2.75, 3.05) is 0 Å². The number of hydrogen-bond acceptors (Lipinski definition) is 5. The van der Waals surface area contributed by atoms with Crippen LogP contribution in [0.3, 0.4) is 0 Å². The molecule has 0 radical (unpaired) electrons. The number of amides is 1. The second-order valence-corrected chi connectivity index (χ2v) is 9.85. The van der Waals surface area contributed by atoms with Crippen LogP contribution >= 0.6 is 0 Å². The fourth-order valence-corrected chi connectivity index (χ4v) is 5.19. The molecule has 1 heterocycles. The van der Waals surface area contributed by atoms with Crippen molar-refractivity contribution in [3.05, 3.63) is 123 Å². The Morgan fingerprint density at radius 1 is 1.00 bits per heavy atom. The Bertz CT molecular complexity index is 1700. The van der Waals surface area contributed by atoms with Gasteiger partial charge < -0.3 is 10.5 Å². The van der Waals surface area contributed by atoms with Crippen molar-refractivity contribution in [3.8, 4) is 5.69 Å². The normalized spacial score (nSPS) is 12.1. The number of carbonyl (C=O) groups is 1. The third-order valence-electron chi connectivity index (χ3n) is 7.25. The Balaban J connectivity index is 0.00000248. The molecule has 0 atom stereocenters. The second-order valence-electron chi connectivity index (χ2n) is 9.85. The average Bonchev–Trinajstić information content (AvgIpc) is 3.04. The molecule has 0 aliphatic rings. The number of nitrogens with zero attached hydrogens (tertiary/aromatic N) is 3. The van der Waals surface area contributed by atoms with Gasteiger partial charge in [0.1, 0.15) is 5.82 Å². The molecule has 0 saturated carbocycles. The van der Waals surface area contributed by atoms with Crippen molar-refractivity contribution >= 4 is 28.6 Å². The van der Waals surface area contributed by atoms with Crippen LogP contribution in [0.5, 0.6) is 0 Å². The van der Waals surface area contributed by atoms with Gasteiger partial charge in [0.25, 0.3) is 5.56 Å². The number of aryl methyl sites for hydroxylation is 2. The lowest BCUT2D eigenvalue weighted by atomic mass is 9.94. The molecule has 0 aliphatic heterocycles. The van der Waals surface area contributed by atoms with E-state index in [0.29, 0.717) is 29.8 Å². The zero-order valence-electron chi connectivity index (χ0n) is 26.0. The van der Waals surface area contributed by atoms with E-state index in [2.05, 4.69) is 23.5 Å². The van der Waals surface area contributed by atoms with E-state index < -0.39 is 0 Å². The van der Waals surface area contributed by atoms with Gasteiger partial charge in [-0.1, -0.05) is 99.1 Å². The molecular formula is C36H42N4O3. The van der Waals surface area contributed by atoms with Crippen LogP contribution in [0.2, 0.25) is 0 Å². The standard InChI is InChI=1S/C34H36N4O3.C2H6/c1-5-8-13-32-31(34(40)38(23(4)36-32)28-19-18-25-11-9-10-12-27(25)21-28)20-24-14-16-26(17-15-24)29(6-2)30(7-3)33(37-41)35-22-39;1-2/h6-7,9-12,14-19,21-22,41H,5,8,13,20H2,1-4H3,(H,35,37,39);1-2H3/b29-6-,30-7+;. The number of allylic oxidation sites excluding steroid dienone is 2. The third-order valence-corrected chi connectivity index (χ3v) is 7.25. The molecule has 0 spiro atoms.